The van der Waals surface area contributed by atoms with Crippen molar-refractivity contribution in [1.82, 2.24) is 4.98 Å². The van der Waals surface area contributed by atoms with Gasteiger partial charge in [0.25, 0.3) is 0 Å². The maximum atomic E-state index is 12.7. The Kier molecular flexibility index (Phi) is 7.38. The number of ether oxygens (including phenoxy) is 2. The second kappa shape index (κ2) is 10.6. The molecule has 0 saturated heterocycles. The van der Waals surface area contributed by atoms with Gasteiger partial charge in [-0.05, 0) is 55.0 Å². The molecule has 5 nitrogen and oxygen atoms in total. The molecule has 2 heterocycles. The van der Waals surface area contributed by atoms with Crippen LogP contribution in [0.3, 0.4) is 0 Å². The minimum atomic E-state index is -0.253. The lowest BCUT2D eigenvalue weighted by Crippen LogP contribution is -2.22. The second-order valence-electron chi connectivity index (χ2n) is 7.07. The van der Waals surface area contributed by atoms with Gasteiger partial charge in [0.05, 0.1) is 23.5 Å². The summed E-state index contributed by atoms with van der Waals surface area (Å²) in [5, 5.41) is 3.76. The summed E-state index contributed by atoms with van der Waals surface area (Å²) in [4.78, 5) is 18.1. The van der Waals surface area contributed by atoms with Crippen LogP contribution in [0.25, 0.3) is 0 Å². The Bertz CT molecular complexity index is 1030. The number of aromatic nitrogens is 1. The molecular weight excluding hydrogens is 428 g/mol. The zero-order chi connectivity index (χ0) is 21.5. The number of pyridine rings is 1. The summed E-state index contributed by atoms with van der Waals surface area (Å²) in [6.45, 7) is 3.22. The van der Waals surface area contributed by atoms with Crippen LogP contribution in [0.5, 0.6) is 11.5 Å². The first-order valence-corrected chi connectivity index (χ1v) is 12.0. The number of rotatable bonds is 7. The van der Waals surface area contributed by atoms with E-state index in [-0.39, 0.29) is 11.2 Å². The summed E-state index contributed by atoms with van der Waals surface area (Å²) < 4.78 is 11.4. The average molecular weight is 453 g/mol. The minimum Gasteiger partial charge on any atom is -0.490 e. The number of nitrogens with one attached hydrogen (secondary N) is 1. The molecule has 1 unspecified atom stereocenters. The van der Waals surface area contributed by atoms with Crippen LogP contribution in [0.2, 0.25) is 0 Å². The van der Waals surface area contributed by atoms with E-state index in [4.69, 9.17) is 9.47 Å². The number of hydrogen-bond donors (Lipinski definition) is 1. The largest absolute Gasteiger partial charge is 0.490 e. The van der Waals surface area contributed by atoms with Crippen molar-refractivity contribution in [2.75, 3.05) is 18.5 Å². The number of benzene rings is 2. The highest BCUT2D eigenvalue weighted by Crippen LogP contribution is 2.35. The highest BCUT2D eigenvalue weighted by Gasteiger charge is 2.17. The zero-order valence-electron chi connectivity index (χ0n) is 17.2. The first-order valence-electron chi connectivity index (χ1n) is 10.2. The highest BCUT2D eigenvalue weighted by atomic mass is 32.2. The monoisotopic (exact) mass is 452 g/mol. The normalized spacial score (nSPS) is 13.8. The second-order valence-corrected chi connectivity index (χ2v) is 9.48. The van der Waals surface area contributed by atoms with E-state index in [0.717, 1.165) is 44.8 Å². The van der Waals surface area contributed by atoms with Crippen molar-refractivity contribution < 1.29 is 14.3 Å². The Balaban J connectivity index is 1.34. The van der Waals surface area contributed by atoms with Gasteiger partial charge in [0.15, 0.2) is 11.5 Å². The summed E-state index contributed by atoms with van der Waals surface area (Å²) in [7, 11) is 0. The van der Waals surface area contributed by atoms with Gasteiger partial charge in [-0.1, -0.05) is 18.2 Å². The maximum Gasteiger partial charge on any atom is 0.237 e. The molecule has 31 heavy (non-hydrogen) atoms. The van der Waals surface area contributed by atoms with E-state index in [1.165, 1.54) is 11.8 Å². The van der Waals surface area contributed by atoms with Gasteiger partial charge in [-0.3, -0.25) is 4.79 Å². The molecule has 0 fully saturated rings. The summed E-state index contributed by atoms with van der Waals surface area (Å²) in [5.74, 6) is 2.27. The van der Waals surface area contributed by atoms with Crippen molar-refractivity contribution in [3.8, 4) is 11.5 Å². The molecule has 0 saturated carbocycles. The molecule has 1 aromatic heterocycles. The SMILES string of the molecule is CC(Sc1ccc2c(c1)OCCCO2)C(=O)Nc1cccc(CSc2ccccn2)c1. The standard InChI is InChI=1S/C24H24N2O3S2/c1-17(31-20-9-10-21-22(15-20)29-13-5-12-28-21)24(27)26-19-7-4-6-18(14-19)16-30-23-8-2-3-11-25-23/h2-4,6-11,14-15,17H,5,12-13,16H2,1H3,(H,26,27). The van der Waals surface area contributed by atoms with Gasteiger partial charge in [-0.15, -0.1) is 23.5 Å². The number of amides is 1. The number of anilines is 1. The van der Waals surface area contributed by atoms with E-state index < -0.39 is 0 Å². The number of nitrogens with zero attached hydrogens (tertiary/aromatic N) is 1. The van der Waals surface area contributed by atoms with E-state index in [9.17, 15) is 4.79 Å². The Morgan fingerprint density at radius 3 is 2.77 bits per heavy atom. The third kappa shape index (κ3) is 6.18. The molecule has 3 aromatic rings. The van der Waals surface area contributed by atoms with E-state index in [1.54, 1.807) is 18.0 Å². The zero-order valence-corrected chi connectivity index (χ0v) is 18.9. The molecule has 4 rings (SSSR count). The van der Waals surface area contributed by atoms with E-state index in [1.807, 2.05) is 61.5 Å². The summed E-state index contributed by atoms with van der Waals surface area (Å²) in [6, 6.07) is 19.7. The van der Waals surface area contributed by atoms with Gasteiger partial charge in [0.2, 0.25) is 5.91 Å². The lowest BCUT2D eigenvalue weighted by molar-refractivity contribution is -0.115. The van der Waals surface area contributed by atoms with Gasteiger partial charge < -0.3 is 14.8 Å². The molecule has 1 aliphatic heterocycles. The fourth-order valence-electron chi connectivity index (χ4n) is 3.05. The molecule has 1 amide bonds. The molecule has 0 bridgehead atoms. The summed E-state index contributed by atoms with van der Waals surface area (Å²) in [5.41, 5.74) is 1.94. The topological polar surface area (TPSA) is 60.5 Å². The molecule has 1 atom stereocenters. The lowest BCUT2D eigenvalue weighted by atomic mass is 10.2. The molecule has 0 radical (unpaired) electrons. The fourth-order valence-corrected chi connectivity index (χ4v) is 4.75. The van der Waals surface area contributed by atoms with Crippen LogP contribution in [0, 0.1) is 0 Å². The number of carbonyl (C=O) groups excluding carboxylic acids is 1. The fraction of sp³-hybridized carbons (Fsp3) is 0.250. The van der Waals surface area contributed by atoms with E-state index in [2.05, 4.69) is 16.4 Å². The van der Waals surface area contributed by atoms with Crippen molar-refractivity contribution in [3.05, 3.63) is 72.4 Å². The van der Waals surface area contributed by atoms with Gasteiger partial charge in [-0.25, -0.2) is 4.98 Å². The van der Waals surface area contributed by atoms with Crippen molar-refractivity contribution in [2.45, 2.75) is 34.3 Å². The molecule has 7 heteroatoms. The number of thioether (sulfide) groups is 2. The Morgan fingerprint density at radius 1 is 1.06 bits per heavy atom. The molecule has 2 aromatic carbocycles. The van der Waals surface area contributed by atoms with E-state index >= 15 is 0 Å². The smallest absolute Gasteiger partial charge is 0.237 e. The van der Waals surface area contributed by atoms with Crippen molar-refractivity contribution in [1.29, 1.82) is 0 Å². The van der Waals surface area contributed by atoms with Crippen molar-refractivity contribution >= 4 is 35.1 Å². The van der Waals surface area contributed by atoms with Gasteiger partial charge >= 0.3 is 0 Å². The van der Waals surface area contributed by atoms with Gasteiger partial charge in [-0.2, -0.15) is 0 Å². The minimum absolute atomic E-state index is 0.0355. The predicted molar refractivity (Wildman–Crippen MR) is 126 cm³/mol. The molecule has 1 aliphatic rings. The van der Waals surface area contributed by atoms with Crippen molar-refractivity contribution in [3.63, 3.8) is 0 Å². The number of fused-ring (bicyclic) bond motifs is 1. The average Bonchev–Trinajstić information content (AvgIpc) is 3.04. The summed E-state index contributed by atoms with van der Waals surface area (Å²) in [6.07, 6.45) is 2.66. The Morgan fingerprint density at radius 2 is 1.94 bits per heavy atom. The number of hydrogen-bond acceptors (Lipinski definition) is 6. The molecule has 160 valence electrons. The van der Waals surface area contributed by atoms with Crippen LogP contribution in [0.4, 0.5) is 5.69 Å². The van der Waals surface area contributed by atoms with Crippen LogP contribution in [-0.2, 0) is 10.5 Å². The van der Waals surface area contributed by atoms with E-state index in [0.29, 0.717) is 13.2 Å². The first-order chi connectivity index (χ1) is 15.2. The van der Waals surface area contributed by atoms with Crippen LogP contribution in [-0.4, -0.2) is 29.4 Å². The van der Waals surface area contributed by atoms with Crippen LogP contribution in [0.15, 0.2) is 76.8 Å². The third-order valence-corrected chi connectivity index (χ3v) is 6.73. The lowest BCUT2D eigenvalue weighted by Gasteiger charge is -2.14. The molecule has 0 spiro atoms. The number of carbonyl (C=O) groups is 1. The quantitative estimate of drug-likeness (QED) is 0.467. The predicted octanol–water partition coefficient (Wildman–Crippen LogP) is 5.65. The molecular formula is C24H24N2O3S2. The first kappa shape index (κ1) is 21.6. The Hall–Kier alpha value is -2.64. The highest BCUT2D eigenvalue weighted by molar-refractivity contribution is 8.00. The van der Waals surface area contributed by atoms with Crippen LogP contribution >= 0.6 is 23.5 Å². The Labute approximate surface area is 190 Å². The van der Waals surface area contributed by atoms with Crippen LogP contribution in [0.1, 0.15) is 18.9 Å². The summed E-state index contributed by atoms with van der Waals surface area (Å²) >= 11 is 3.17. The molecule has 0 aliphatic carbocycles. The van der Waals surface area contributed by atoms with Gasteiger partial charge in [0, 0.05) is 29.0 Å². The van der Waals surface area contributed by atoms with Gasteiger partial charge in [0.1, 0.15) is 0 Å². The third-order valence-electron chi connectivity index (χ3n) is 4.62. The molecule has 1 N–H and O–H groups in total. The van der Waals surface area contributed by atoms with Crippen LogP contribution < -0.4 is 14.8 Å². The maximum absolute atomic E-state index is 12.7. The van der Waals surface area contributed by atoms with Crippen molar-refractivity contribution in [2.24, 2.45) is 0 Å².